The summed E-state index contributed by atoms with van der Waals surface area (Å²) in [5.41, 5.74) is 1.20. The summed E-state index contributed by atoms with van der Waals surface area (Å²) in [5.74, 6) is -0.955. The molecular formula is C22H26N2O5S. The number of benzene rings is 2. The van der Waals surface area contributed by atoms with Crippen LogP contribution in [0.5, 0.6) is 0 Å². The van der Waals surface area contributed by atoms with E-state index in [1.54, 1.807) is 63.2 Å². The van der Waals surface area contributed by atoms with Gasteiger partial charge in [0, 0.05) is 12.2 Å². The highest BCUT2D eigenvalue weighted by Gasteiger charge is 2.29. The van der Waals surface area contributed by atoms with Gasteiger partial charge in [0.25, 0.3) is 15.9 Å². The van der Waals surface area contributed by atoms with Gasteiger partial charge < -0.3 is 10.1 Å². The van der Waals surface area contributed by atoms with Crippen LogP contribution >= 0.6 is 0 Å². The summed E-state index contributed by atoms with van der Waals surface area (Å²) >= 11 is 0. The summed E-state index contributed by atoms with van der Waals surface area (Å²) < 4.78 is 32.7. The van der Waals surface area contributed by atoms with Gasteiger partial charge in [0.1, 0.15) is 0 Å². The summed E-state index contributed by atoms with van der Waals surface area (Å²) in [4.78, 5) is 24.2. The molecule has 0 unspecified atom stereocenters. The van der Waals surface area contributed by atoms with Crippen LogP contribution in [0.25, 0.3) is 0 Å². The maximum atomic E-state index is 13.1. The lowest BCUT2D eigenvalue weighted by Crippen LogP contribution is -2.35. The van der Waals surface area contributed by atoms with E-state index < -0.39 is 33.9 Å². The van der Waals surface area contributed by atoms with Gasteiger partial charge in [-0.1, -0.05) is 24.3 Å². The maximum absolute atomic E-state index is 13.1. The molecule has 3 rings (SSSR count). The quantitative estimate of drug-likeness (QED) is 0.735. The second kappa shape index (κ2) is 8.47. The Labute approximate surface area is 177 Å². The van der Waals surface area contributed by atoms with Crippen molar-refractivity contribution in [3.05, 3.63) is 54.1 Å². The van der Waals surface area contributed by atoms with E-state index in [9.17, 15) is 18.0 Å². The topological polar surface area (TPSA) is 92.8 Å². The van der Waals surface area contributed by atoms with Crippen LogP contribution in [0.2, 0.25) is 0 Å². The Morgan fingerprint density at radius 2 is 1.80 bits per heavy atom. The molecule has 0 aromatic heterocycles. The molecule has 1 aliphatic heterocycles. The van der Waals surface area contributed by atoms with Crippen molar-refractivity contribution in [2.45, 2.75) is 38.5 Å². The van der Waals surface area contributed by atoms with E-state index in [1.165, 1.54) is 4.31 Å². The minimum absolute atomic E-state index is 0.224. The van der Waals surface area contributed by atoms with Crippen molar-refractivity contribution in [2.75, 3.05) is 22.8 Å². The summed E-state index contributed by atoms with van der Waals surface area (Å²) in [6.45, 7) is 5.08. The zero-order valence-corrected chi connectivity index (χ0v) is 18.2. The molecule has 1 amide bonds. The Morgan fingerprint density at radius 3 is 2.47 bits per heavy atom. The molecular weight excluding hydrogens is 404 g/mol. The Kier molecular flexibility index (Phi) is 6.17. The van der Waals surface area contributed by atoms with Crippen LogP contribution in [0.3, 0.4) is 0 Å². The predicted molar refractivity (Wildman–Crippen MR) is 115 cm³/mol. The smallest absolute Gasteiger partial charge is 0.311 e. The molecule has 0 saturated carbocycles. The molecule has 7 nitrogen and oxygen atoms in total. The fraction of sp³-hybridized carbons (Fsp3) is 0.364. The monoisotopic (exact) mass is 430 g/mol. The third kappa shape index (κ3) is 4.81. The van der Waals surface area contributed by atoms with E-state index in [2.05, 4.69) is 5.32 Å². The van der Waals surface area contributed by atoms with Gasteiger partial charge in [-0.2, -0.15) is 0 Å². The first-order valence-electron chi connectivity index (χ1n) is 9.77. The molecule has 0 radical (unpaired) electrons. The van der Waals surface area contributed by atoms with Gasteiger partial charge in [0.15, 0.2) is 6.61 Å². The van der Waals surface area contributed by atoms with Crippen LogP contribution in [0.4, 0.5) is 11.4 Å². The van der Waals surface area contributed by atoms with Gasteiger partial charge in [-0.25, -0.2) is 8.42 Å². The van der Waals surface area contributed by atoms with Crippen LogP contribution in [0, 0.1) is 5.41 Å². The van der Waals surface area contributed by atoms with Gasteiger partial charge in [-0.3, -0.25) is 13.9 Å². The molecule has 2 aromatic carbocycles. The Bertz CT molecular complexity index is 1040. The molecule has 0 bridgehead atoms. The van der Waals surface area contributed by atoms with Gasteiger partial charge in [0.2, 0.25) is 0 Å². The molecule has 1 N–H and O–H groups in total. The second-order valence-corrected chi connectivity index (χ2v) is 10.1. The second-order valence-electron chi connectivity index (χ2n) is 8.21. The molecule has 1 aliphatic rings. The largest absolute Gasteiger partial charge is 0.455 e. The van der Waals surface area contributed by atoms with Gasteiger partial charge in [-0.05, 0) is 63.4 Å². The third-order valence-corrected chi connectivity index (χ3v) is 6.55. The number of rotatable bonds is 5. The highest BCUT2D eigenvalue weighted by molar-refractivity contribution is 7.92. The van der Waals surface area contributed by atoms with Crippen molar-refractivity contribution in [1.82, 2.24) is 0 Å². The van der Waals surface area contributed by atoms with E-state index in [0.29, 0.717) is 24.3 Å². The van der Waals surface area contributed by atoms with Crippen LogP contribution < -0.4 is 9.62 Å². The molecule has 1 heterocycles. The van der Waals surface area contributed by atoms with Gasteiger partial charge in [0.05, 0.1) is 16.0 Å². The van der Waals surface area contributed by atoms with Crippen molar-refractivity contribution < 1.29 is 22.7 Å². The highest BCUT2D eigenvalue weighted by atomic mass is 32.2. The van der Waals surface area contributed by atoms with Crippen molar-refractivity contribution >= 4 is 33.3 Å². The fourth-order valence-corrected chi connectivity index (χ4v) is 4.69. The summed E-state index contributed by atoms with van der Waals surface area (Å²) in [6.07, 6.45) is 1.47. The number of ether oxygens (including phenoxy) is 1. The predicted octanol–water partition coefficient (Wildman–Crippen LogP) is 3.36. The van der Waals surface area contributed by atoms with E-state index in [4.69, 9.17) is 4.74 Å². The Morgan fingerprint density at radius 1 is 1.10 bits per heavy atom. The molecule has 2 aromatic rings. The molecule has 0 atom stereocenters. The number of aryl methyl sites for hydroxylation is 1. The Hall–Kier alpha value is -2.87. The molecule has 0 aliphatic carbocycles. The van der Waals surface area contributed by atoms with Crippen LogP contribution in [-0.2, 0) is 30.8 Å². The van der Waals surface area contributed by atoms with Gasteiger partial charge in [-0.15, -0.1) is 0 Å². The highest BCUT2D eigenvalue weighted by Crippen LogP contribution is 2.34. The van der Waals surface area contributed by atoms with Gasteiger partial charge >= 0.3 is 5.97 Å². The zero-order chi connectivity index (χ0) is 21.9. The first-order chi connectivity index (χ1) is 14.1. The summed E-state index contributed by atoms with van der Waals surface area (Å²) in [7, 11) is -3.71. The molecule has 0 spiro atoms. The van der Waals surface area contributed by atoms with E-state index >= 15 is 0 Å². The number of nitrogens with zero attached hydrogens (tertiary/aromatic N) is 1. The van der Waals surface area contributed by atoms with Crippen LogP contribution in [0.15, 0.2) is 53.4 Å². The minimum Gasteiger partial charge on any atom is -0.455 e. The van der Waals surface area contributed by atoms with Crippen molar-refractivity contribution in [3.63, 3.8) is 0 Å². The number of carbonyl (C=O) groups is 2. The van der Waals surface area contributed by atoms with Crippen molar-refractivity contribution in [2.24, 2.45) is 5.41 Å². The molecule has 160 valence electrons. The normalized spacial score (nSPS) is 14.0. The molecule has 8 heteroatoms. The minimum atomic E-state index is -3.71. The number of anilines is 2. The molecule has 0 saturated heterocycles. The first-order valence-corrected chi connectivity index (χ1v) is 11.2. The number of amides is 1. The lowest BCUT2D eigenvalue weighted by atomic mass is 9.97. The SMILES string of the molecule is CC(C)(C)C(=O)OCC(=O)Nc1ccc2c(c1)N(S(=O)(=O)c1ccccc1)CCC2. The number of carbonyl (C=O) groups excluding carboxylic acids is 2. The first kappa shape index (κ1) is 21.8. The van der Waals surface area contributed by atoms with Crippen molar-refractivity contribution in [3.8, 4) is 0 Å². The molecule has 0 fully saturated rings. The lowest BCUT2D eigenvalue weighted by Gasteiger charge is -2.31. The van der Waals surface area contributed by atoms with E-state index in [-0.39, 0.29) is 4.90 Å². The summed E-state index contributed by atoms with van der Waals surface area (Å²) in [5, 5.41) is 2.67. The zero-order valence-electron chi connectivity index (χ0n) is 17.3. The number of fused-ring (bicyclic) bond motifs is 1. The fourth-order valence-electron chi connectivity index (χ4n) is 3.13. The number of sulfonamides is 1. The third-order valence-electron chi connectivity index (χ3n) is 4.72. The number of esters is 1. The maximum Gasteiger partial charge on any atom is 0.311 e. The average molecular weight is 431 g/mol. The van der Waals surface area contributed by atoms with E-state index in [0.717, 1.165) is 12.0 Å². The number of hydrogen-bond acceptors (Lipinski definition) is 5. The number of nitrogens with one attached hydrogen (secondary N) is 1. The van der Waals surface area contributed by atoms with Crippen LogP contribution in [0.1, 0.15) is 32.8 Å². The number of hydrogen-bond donors (Lipinski definition) is 1. The lowest BCUT2D eigenvalue weighted by molar-refractivity contribution is -0.155. The van der Waals surface area contributed by atoms with E-state index in [1.807, 2.05) is 6.07 Å². The van der Waals surface area contributed by atoms with Crippen molar-refractivity contribution in [1.29, 1.82) is 0 Å². The summed E-state index contributed by atoms with van der Waals surface area (Å²) in [6, 6.07) is 13.5. The standard InChI is InChI=1S/C22H26N2O5S/c1-22(2,3)21(26)29-15-20(25)23-17-12-11-16-8-7-13-24(19(16)14-17)30(27,28)18-9-5-4-6-10-18/h4-6,9-12,14H,7-8,13,15H2,1-3H3,(H,23,25). The average Bonchev–Trinajstić information content (AvgIpc) is 2.71. The van der Waals surface area contributed by atoms with Crippen LogP contribution in [-0.4, -0.2) is 33.4 Å². The Balaban J connectivity index is 1.79. The molecule has 30 heavy (non-hydrogen) atoms.